The fourth-order valence-electron chi connectivity index (χ4n) is 1.61. The van der Waals surface area contributed by atoms with E-state index in [1.165, 1.54) is 0 Å². The van der Waals surface area contributed by atoms with Crippen LogP contribution in [0, 0.1) is 0 Å². The predicted octanol–water partition coefficient (Wildman–Crippen LogP) is 2.77. The number of rotatable bonds is 6. The van der Waals surface area contributed by atoms with Gasteiger partial charge < -0.3 is 15.4 Å². The van der Waals surface area contributed by atoms with Crippen LogP contribution in [-0.4, -0.2) is 26.3 Å². The molecule has 17 heavy (non-hydrogen) atoms. The number of hydrogen-bond donors (Lipinski definition) is 1. The van der Waals surface area contributed by atoms with Crippen molar-refractivity contribution in [1.29, 1.82) is 0 Å². The molecule has 0 saturated heterocycles. The van der Waals surface area contributed by atoms with Gasteiger partial charge in [0.05, 0.1) is 12.7 Å². The Bertz CT molecular complexity index is 355. The quantitative estimate of drug-likeness (QED) is 0.878. The summed E-state index contributed by atoms with van der Waals surface area (Å²) >= 11 is 3.49. The molecule has 0 spiro atoms. The van der Waals surface area contributed by atoms with Crippen LogP contribution < -0.4 is 10.6 Å². The normalized spacial score (nSPS) is 10.9. The maximum Gasteiger partial charge on any atom is 0.0644 e. The van der Waals surface area contributed by atoms with Crippen LogP contribution in [0.3, 0.4) is 0 Å². The summed E-state index contributed by atoms with van der Waals surface area (Å²) in [6.45, 7) is 6.24. The summed E-state index contributed by atoms with van der Waals surface area (Å²) in [5.41, 5.74) is 8.06. The smallest absolute Gasteiger partial charge is 0.0644 e. The van der Waals surface area contributed by atoms with Gasteiger partial charge in [-0.3, -0.25) is 0 Å². The molecule has 4 heteroatoms. The largest absolute Gasteiger partial charge is 0.377 e. The summed E-state index contributed by atoms with van der Waals surface area (Å²) in [5.74, 6) is 0. The van der Waals surface area contributed by atoms with Gasteiger partial charge in [-0.25, -0.2) is 0 Å². The number of nitrogens with two attached hydrogens (primary N) is 1. The van der Waals surface area contributed by atoms with Crippen LogP contribution in [0.5, 0.6) is 0 Å². The molecular weight excluding hydrogens is 280 g/mol. The van der Waals surface area contributed by atoms with Gasteiger partial charge >= 0.3 is 0 Å². The molecule has 0 aromatic heterocycles. The highest BCUT2D eigenvalue weighted by Gasteiger charge is 2.07. The zero-order valence-corrected chi connectivity index (χ0v) is 12.3. The number of likely N-dealkylation sites (N-methyl/N-ethyl adjacent to an activating group) is 1. The molecule has 1 rings (SSSR count). The molecule has 0 saturated carbocycles. The van der Waals surface area contributed by atoms with Crippen molar-refractivity contribution in [2.45, 2.75) is 26.5 Å². The molecule has 0 aliphatic rings. The first-order valence-electron chi connectivity index (χ1n) is 5.85. The van der Waals surface area contributed by atoms with Crippen LogP contribution in [0.2, 0.25) is 0 Å². The molecule has 0 fully saturated rings. The summed E-state index contributed by atoms with van der Waals surface area (Å²) in [5, 5.41) is 0. The molecule has 3 nitrogen and oxygen atoms in total. The number of nitrogens with zero attached hydrogens (tertiary/aromatic N) is 1. The van der Waals surface area contributed by atoms with Crippen LogP contribution in [0.4, 0.5) is 5.69 Å². The van der Waals surface area contributed by atoms with Crippen molar-refractivity contribution in [2.24, 2.45) is 5.73 Å². The highest BCUT2D eigenvalue weighted by Crippen LogP contribution is 2.23. The molecule has 0 radical (unpaired) electrons. The van der Waals surface area contributed by atoms with Crippen molar-refractivity contribution < 1.29 is 4.74 Å². The van der Waals surface area contributed by atoms with Crippen LogP contribution in [0.15, 0.2) is 22.7 Å². The van der Waals surface area contributed by atoms with Gasteiger partial charge in [0.15, 0.2) is 0 Å². The Hall–Kier alpha value is -0.580. The van der Waals surface area contributed by atoms with Gasteiger partial charge in [0, 0.05) is 30.3 Å². The lowest BCUT2D eigenvalue weighted by molar-refractivity contribution is 0.0846. The molecule has 0 heterocycles. The molecule has 1 aromatic rings. The summed E-state index contributed by atoms with van der Waals surface area (Å²) in [7, 11) is 2.06. The Labute approximate surface area is 112 Å². The van der Waals surface area contributed by atoms with Crippen LogP contribution in [0.1, 0.15) is 19.4 Å². The molecule has 0 bridgehead atoms. The van der Waals surface area contributed by atoms with Crippen molar-refractivity contribution in [3.63, 3.8) is 0 Å². The van der Waals surface area contributed by atoms with E-state index in [1.54, 1.807) is 0 Å². The van der Waals surface area contributed by atoms with E-state index < -0.39 is 0 Å². The molecule has 0 aliphatic carbocycles. The minimum atomic E-state index is 0.278. The van der Waals surface area contributed by atoms with Crippen molar-refractivity contribution in [3.8, 4) is 0 Å². The number of benzene rings is 1. The van der Waals surface area contributed by atoms with Gasteiger partial charge in [-0.15, -0.1) is 0 Å². The second-order valence-corrected chi connectivity index (χ2v) is 5.23. The van der Waals surface area contributed by atoms with E-state index >= 15 is 0 Å². The van der Waals surface area contributed by atoms with Crippen molar-refractivity contribution in [2.75, 3.05) is 25.1 Å². The van der Waals surface area contributed by atoms with Crippen molar-refractivity contribution in [1.82, 2.24) is 0 Å². The second-order valence-electron chi connectivity index (χ2n) is 4.32. The first-order valence-corrected chi connectivity index (χ1v) is 6.65. The van der Waals surface area contributed by atoms with Gasteiger partial charge in [-0.05, 0) is 31.5 Å². The minimum absolute atomic E-state index is 0.278. The lowest BCUT2D eigenvalue weighted by atomic mass is 10.1. The van der Waals surface area contributed by atoms with E-state index in [0.29, 0.717) is 6.54 Å². The first-order chi connectivity index (χ1) is 8.04. The molecule has 2 N–H and O–H groups in total. The fourth-order valence-corrected chi connectivity index (χ4v) is 1.96. The number of halogens is 1. The van der Waals surface area contributed by atoms with Gasteiger partial charge in [0.1, 0.15) is 0 Å². The highest BCUT2D eigenvalue weighted by molar-refractivity contribution is 9.10. The molecule has 0 amide bonds. The van der Waals surface area contributed by atoms with Crippen molar-refractivity contribution >= 4 is 21.6 Å². The maximum atomic E-state index is 5.74. The van der Waals surface area contributed by atoms with E-state index in [1.807, 2.05) is 19.9 Å². The van der Waals surface area contributed by atoms with E-state index in [4.69, 9.17) is 10.5 Å². The number of hydrogen-bond acceptors (Lipinski definition) is 3. The Morgan fingerprint density at radius 1 is 1.41 bits per heavy atom. The molecule has 1 aromatic carbocycles. The minimum Gasteiger partial charge on any atom is -0.377 e. The third-order valence-electron chi connectivity index (χ3n) is 2.56. The third-order valence-corrected chi connectivity index (χ3v) is 3.05. The lowest BCUT2D eigenvalue weighted by Gasteiger charge is -2.23. The summed E-state index contributed by atoms with van der Waals surface area (Å²) in [4.78, 5) is 2.18. The van der Waals surface area contributed by atoms with E-state index in [-0.39, 0.29) is 6.10 Å². The van der Waals surface area contributed by atoms with Crippen LogP contribution in [0.25, 0.3) is 0 Å². The first kappa shape index (κ1) is 14.5. The third kappa shape index (κ3) is 4.66. The molecular formula is C13H21BrN2O. The van der Waals surface area contributed by atoms with Crippen molar-refractivity contribution in [3.05, 3.63) is 28.2 Å². The van der Waals surface area contributed by atoms with Gasteiger partial charge in [0.25, 0.3) is 0 Å². The fraction of sp³-hybridized carbons (Fsp3) is 0.538. The Kier molecular flexibility index (Phi) is 5.95. The number of anilines is 1. The molecule has 0 unspecified atom stereocenters. The standard InChI is InChI=1S/C13H21BrN2O/c1-10(2)17-7-6-16(3)13-8-12(14)5-4-11(13)9-15/h4-5,8,10H,6-7,9,15H2,1-3H3. The van der Waals surface area contributed by atoms with E-state index in [2.05, 4.69) is 40.0 Å². The predicted molar refractivity (Wildman–Crippen MR) is 76.4 cm³/mol. The average molecular weight is 301 g/mol. The van der Waals surface area contributed by atoms with Gasteiger partial charge in [-0.2, -0.15) is 0 Å². The van der Waals surface area contributed by atoms with Crippen LogP contribution >= 0.6 is 15.9 Å². The topological polar surface area (TPSA) is 38.5 Å². The van der Waals surface area contributed by atoms with Gasteiger partial charge in [0.2, 0.25) is 0 Å². The van der Waals surface area contributed by atoms with E-state index in [9.17, 15) is 0 Å². The SMILES string of the molecule is CC(C)OCCN(C)c1cc(Br)ccc1CN. The summed E-state index contributed by atoms with van der Waals surface area (Å²) < 4.78 is 6.62. The summed E-state index contributed by atoms with van der Waals surface area (Å²) in [6, 6.07) is 6.17. The molecule has 0 atom stereocenters. The highest BCUT2D eigenvalue weighted by atomic mass is 79.9. The second kappa shape index (κ2) is 6.99. The summed E-state index contributed by atoms with van der Waals surface area (Å²) in [6.07, 6.45) is 0.278. The van der Waals surface area contributed by atoms with Crippen LogP contribution in [-0.2, 0) is 11.3 Å². The lowest BCUT2D eigenvalue weighted by Crippen LogP contribution is -2.25. The monoisotopic (exact) mass is 300 g/mol. The van der Waals surface area contributed by atoms with Gasteiger partial charge in [-0.1, -0.05) is 22.0 Å². The zero-order chi connectivity index (χ0) is 12.8. The Morgan fingerprint density at radius 3 is 2.71 bits per heavy atom. The Balaban J connectivity index is 2.66. The zero-order valence-electron chi connectivity index (χ0n) is 10.7. The maximum absolute atomic E-state index is 5.74. The molecule has 96 valence electrons. The average Bonchev–Trinajstić information content (AvgIpc) is 2.28. The van der Waals surface area contributed by atoms with E-state index in [0.717, 1.165) is 28.9 Å². The molecule has 0 aliphatic heterocycles. The Morgan fingerprint density at radius 2 is 2.12 bits per heavy atom. The number of ether oxygens (including phenoxy) is 1.